The van der Waals surface area contributed by atoms with Gasteiger partial charge in [-0.3, -0.25) is 0 Å². The molecule has 0 radical (unpaired) electrons. The van der Waals surface area contributed by atoms with E-state index in [1.165, 1.54) is 0 Å². The lowest BCUT2D eigenvalue weighted by Crippen LogP contribution is -1.79. The highest BCUT2D eigenvalue weighted by atomic mass is 14.0. The van der Waals surface area contributed by atoms with Gasteiger partial charge in [-0.15, -0.1) is 0 Å². The monoisotopic (exact) mass is 182 g/mol. The zero-order valence-corrected chi connectivity index (χ0v) is 8.46. The normalized spacial score (nSPS) is 10.2. The molecule has 0 atom stereocenters. The Morgan fingerprint density at radius 2 is 2.07 bits per heavy atom. The minimum absolute atomic E-state index is 0.876. The van der Waals surface area contributed by atoms with Crippen LogP contribution in [-0.4, -0.2) is 0 Å². The number of hydrogen-bond acceptors (Lipinski definition) is 0. The molecule has 0 spiro atoms. The fourth-order valence-electron chi connectivity index (χ4n) is 1.13. The molecule has 0 aliphatic rings. The first-order valence-electron chi connectivity index (χ1n) is 4.75. The van der Waals surface area contributed by atoms with Gasteiger partial charge in [-0.1, -0.05) is 61.8 Å². The molecule has 0 aliphatic carbocycles. The maximum atomic E-state index is 3.69. The molecule has 0 aromatic heterocycles. The van der Waals surface area contributed by atoms with Crippen LogP contribution in [0.3, 0.4) is 0 Å². The first kappa shape index (κ1) is 10.3. The summed E-state index contributed by atoms with van der Waals surface area (Å²) in [5, 5.41) is 0. The maximum absolute atomic E-state index is 3.69. The Bertz CT molecular complexity index is 371. The molecule has 0 N–H and O–H groups in total. The second-order valence-corrected chi connectivity index (χ2v) is 2.84. The first-order chi connectivity index (χ1) is 6.88. The summed E-state index contributed by atoms with van der Waals surface area (Å²) in [6.07, 6.45) is 4.59. The molecule has 0 bridgehead atoms. The van der Waals surface area contributed by atoms with E-state index in [-0.39, 0.29) is 0 Å². The summed E-state index contributed by atoms with van der Waals surface area (Å²) in [6.45, 7) is 5.74. The molecule has 0 heterocycles. The van der Waals surface area contributed by atoms with Gasteiger partial charge in [-0.2, -0.15) is 0 Å². The third-order valence-corrected chi connectivity index (χ3v) is 1.77. The molecular formula is C14H14. The molecule has 1 aromatic rings. The van der Waals surface area contributed by atoms with Crippen molar-refractivity contribution in [1.29, 1.82) is 0 Å². The van der Waals surface area contributed by atoms with E-state index in [2.05, 4.69) is 30.6 Å². The highest BCUT2D eigenvalue weighted by Gasteiger charge is 1.93. The number of hydrogen-bond donors (Lipinski definition) is 0. The summed E-state index contributed by atoms with van der Waals surface area (Å²) in [4.78, 5) is 0. The van der Waals surface area contributed by atoms with E-state index in [1.54, 1.807) is 6.08 Å². The minimum Gasteiger partial charge on any atom is -0.0990 e. The van der Waals surface area contributed by atoms with E-state index in [1.807, 2.05) is 31.2 Å². The SMILES string of the molecule is C=C/C=C(\C#CCC)c1ccccc1. The predicted octanol–water partition coefficient (Wildman–Crippen LogP) is 3.67. The topological polar surface area (TPSA) is 0 Å². The van der Waals surface area contributed by atoms with Crippen LogP contribution >= 0.6 is 0 Å². The van der Waals surface area contributed by atoms with Crippen molar-refractivity contribution in [2.45, 2.75) is 13.3 Å². The highest BCUT2D eigenvalue weighted by molar-refractivity contribution is 5.79. The van der Waals surface area contributed by atoms with Crippen molar-refractivity contribution in [2.24, 2.45) is 0 Å². The molecule has 1 aromatic carbocycles. The van der Waals surface area contributed by atoms with Gasteiger partial charge in [0.1, 0.15) is 0 Å². The van der Waals surface area contributed by atoms with Gasteiger partial charge in [-0.05, 0) is 11.6 Å². The van der Waals surface area contributed by atoms with E-state index in [9.17, 15) is 0 Å². The fraction of sp³-hybridized carbons (Fsp3) is 0.143. The standard InChI is InChI=1S/C14H14/c1-3-5-10-13(9-4-2)14-11-7-6-8-12-14/h4,6-9,11-12H,2-3H2,1H3/b13-9+. The van der Waals surface area contributed by atoms with Gasteiger partial charge in [0.15, 0.2) is 0 Å². The molecule has 14 heavy (non-hydrogen) atoms. The van der Waals surface area contributed by atoms with Gasteiger partial charge in [0, 0.05) is 12.0 Å². The molecule has 0 amide bonds. The van der Waals surface area contributed by atoms with E-state index < -0.39 is 0 Å². The molecule has 0 saturated carbocycles. The van der Waals surface area contributed by atoms with Crippen LogP contribution in [0.2, 0.25) is 0 Å². The predicted molar refractivity (Wildman–Crippen MR) is 62.7 cm³/mol. The lowest BCUT2D eigenvalue weighted by atomic mass is 10.1. The average molecular weight is 182 g/mol. The number of rotatable bonds is 2. The summed E-state index contributed by atoms with van der Waals surface area (Å²) in [6, 6.07) is 10.1. The average Bonchev–Trinajstić information content (AvgIpc) is 2.25. The van der Waals surface area contributed by atoms with Gasteiger partial charge >= 0.3 is 0 Å². The van der Waals surface area contributed by atoms with Crippen LogP contribution in [0.1, 0.15) is 18.9 Å². The first-order valence-corrected chi connectivity index (χ1v) is 4.75. The van der Waals surface area contributed by atoms with Crippen molar-refractivity contribution < 1.29 is 0 Å². The molecule has 0 nitrogen and oxygen atoms in total. The second kappa shape index (κ2) is 5.83. The summed E-state index contributed by atoms with van der Waals surface area (Å²) in [5.41, 5.74) is 2.18. The molecule has 1 rings (SSSR count). The Morgan fingerprint density at radius 1 is 1.36 bits per heavy atom. The molecule has 0 saturated heterocycles. The van der Waals surface area contributed by atoms with Crippen LogP contribution in [-0.2, 0) is 0 Å². The number of benzene rings is 1. The van der Waals surface area contributed by atoms with Gasteiger partial charge in [0.25, 0.3) is 0 Å². The van der Waals surface area contributed by atoms with E-state index in [0.29, 0.717) is 0 Å². The maximum Gasteiger partial charge on any atom is 0.0317 e. The minimum atomic E-state index is 0.876. The van der Waals surface area contributed by atoms with Gasteiger partial charge in [-0.25, -0.2) is 0 Å². The van der Waals surface area contributed by atoms with Crippen molar-refractivity contribution in [3.05, 3.63) is 54.6 Å². The molecule has 70 valence electrons. The van der Waals surface area contributed by atoms with Crippen LogP contribution in [0.4, 0.5) is 0 Å². The largest absolute Gasteiger partial charge is 0.0990 e. The van der Waals surface area contributed by atoms with Crippen LogP contribution in [0.5, 0.6) is 0 Å². The van der Waals surface area contributed by atoms with Crippen molar-refractivity contribution >= 4 is 5.57 Å². The third-order valence-electron chi connectivity index (χ3n) is 1.77. The van der Waals surface area contributed by atoms with E-state index >= 15 is 0 Å². The quantitative estimate of drug-likeness (QED) is 0.483. The van der Waals surface area contributed by atoms with Crippen molar-refractivity contribution in [3.63, 3.8) is 0 Å². The van der Waals surface area contributed by atoms with Crippen molar-refractivity contribution in [2.75, 3.05) is 0 Å². The molecule has 0 fully saturated rings. The molecule has 0 aliphatic heterocycles. The van der Waals surface area contributed by atoms with Crippen molar-refractivity contribution in [1.82, 2.24) is 0 Å². The lowest BCUT2D eigenvalue weighted by Gasteiger charge is -1.97. The van der Waals surface area contributed by atoms with Gasteiger partial charge in [0.05, 0.1) is 0 Å². The smallest absolute Gasteiger partial charge is 0.0317 e. The van der Waals surface area contributed by atoms with Crippen LogP contribution in [0, 0.1) is 11.8 Å². The Balaban J connectivity index is 3.01. The third kappa shape index (κ3) is 2.95. The van der Waals surface area contributed by atoms with E-state index in [0.717, 1.165) is 17.6 Å². The molecule has 0 heteroatoms. The molecular weight excluding hydrogens is 168 g/mol. The second-order valence-electron chi connectivity index (χ2n) is 2.84. The van der Waals surface area contributed by atoms with Crippen LogP contribution in [0.15, 0.2) is 49.1 Å². The van der Waals surface area contributed by atoms with E-state index in [4.69, 9.17) is 0 Å². The summed E-state index contributed by atoms with van der Waals surface area (Å²) < 4.78 is 0. The van der Waals surface area contributed by atoms with Gasteiger partial charge < -0.3 is 0 Å². The van der Waals surface area contributed by atoms with Crippen molar-refractivity contribution in [3.8, 4) is 11.8 Å². The fourth-order valence-corrected chi connectivity index (χ4v) is 1.13. The summed E-state index contributed by atoms with van der Waals surface area (Å²) in [5.74, 6) is 6.19. The Kier molecular flexibility index (Phi) is 4.31. The van der Waals surface area contributed by atoms with Crippen LogP contribution < -0.4 is 0 Å². The van der Waals surface area contributed by atoms with Gasteiger partial charge in [0.2, 0.25) is 0 Å². The molecule has 0 unspecified atom stereocenters. The lowest BCUT2D eigenvalue weighted by molar-refractivity contribution is 1.28. The summed E-state index contributed by atoms with van der Waals surface area (Å²) in [7, 11) is 0. The Morgan fingerprint density at radius 3 is 2.64 bits per heavy atom. The number of allylic oxidation sites excluding steroid dienone is 3. The summed E-state index contributed by atoms with van der Waals surface area (Å²) >= 11 is 0. The highest BCUT2D eigenvalue weighted by Crippen LogP contribution is 2.12. The zero-order chi connectivity index (χ0) is 10.2. The Labute approximate surface area is 86.0 Å². The van der Waals surface area contributed by atoms with Crippen LogP contribution in [0.25, 0.3) is 5.57 Å². The zero-order valence-electron chi connectivity index (χ0n) is 8.46. The Hall–Kier alpha value is -1.74.